The fourth-order valence-electron chi connectivity index (χ4n) is 2.07. The number of rotatable bonds is 6. The first kappa shape index (κ1) is 15.2. The number of carbonyl (C=O) groups excluding carboxylic acids is 1. The molecular weight excluding hydrogens is 314 g/mol. The van der Waals surface area contributed by atoms with Gasteiger partial charge in [0.2, 0.25) is 5.91 Å². The molecule has 1 amide bonds. The number of ether oxygens (including phenoxy) is 1. The fourth-order valence-corrected chi connectivity index (χ4v) is 3.01. The van der Waals surface area contributed by atoms with E-state index in [9.17, 15) is 9.59 Å². The van der Waals surface area contributed by atoms with Crippen LogP contribution < -0.4 is 15.6 Å². The van der Waals surface area contributed by atoms with Crippen molar-refractivity contribution < 1.29 is 9.53 Å². The lowest BCUT2D eigenvalue weighted by Crippen LogP contribution is -2.32. The van der Waals surface area contributed by atoms with Crippen LogP contribution in [0.3, 0.4) is 0 Å². The lowest BCUT2D eigenvalue weighted by molar-refractivity contribution is -0.121. The Kier molecular flexibility index (Phi) is 4.68. The Bertz CT molecular complexity index is 858. The molecule has 0 fully saturated rings. The molecule has 0 aliphatic carbocycles. The van der Waals surface area contributed by atoms with Crippen LogP contribution >= 0.6 is 11.5 Å². The molecule has 2 heterocycles. The van der Waals surface area contributed by atoms with E-state index in [-0.39, 0.29) is 18.0 Å². The van der Waals surface area contributed by atoms with Crippen molar-refractivity contribution in [2.75, 3.05) is 13.2 Å². The van der Waals surface area contributed by atoms with Crippen molar-refractivity contribution in [1.82, 2.24) is 14.3 Å². The maximum absolute atomic E-state index is 12.1. The van der Waals surface area contributed by atoms with Crippen LogP contribution in [0.4, 0.5) is 0 Å². The standard InChI is InChI=1S/C16H15N3O3S/c20-14(17-9-10-22-12-5-2-1-3-6-12)11-19-16(21)13-7-4-8-18-15(13)23-19/h1-8H,9-11H2,(H,17,20). The summed E-state index contributed by atoms with van der Waals surface area (Å²) in [4.78, 5) is 28.8. The fraction of sp³-hybridized carbons (Fsp3) is 0.188. The molecule has 7 heteroatoms. The maximum atomic E-state index is 12.1. The number of amides is 1. The Labute approximate surface area is 136 Å². The third kappa shape index (κ3) is 3.75. The summed E-state index contributed by atoms with van der Waals surface area (Å²) in [5.41, 5.74) is -0.186. The first-order chi connectivity index (χ1) is 11.2. The smallest absolute Gasteiger partial charge is 0.270 e. The van der Waals surface area contributed by atoms with Crippen LogP contribution in [-0.2, 0) is 11.3 Å². The average Bonchev–Trinajstić information content (AvgIpc) is 2.89. The van der Waals surface area contributed by atoms with Crippen molar-refractivity contribution in [2.24, 2.45) is 0 Å². The Morgan fingerprint density at radius 3 is 2.83 bits per heavy atom. The van der Waals surface area contributed by atoms with Crippen molar-refractivity contribution in [3.63, 3.8) is 0 Å². The molecule has 1 N–H and O–H groups in total. The molecule has 2 aromatic heterocycles. The Hall–Kier alpha value is -2.67. The number of nitrogens with zero attached hydrogens (tertiary/aromatic N) is 2. The third-order valence-electron chi connectivity index (χ3n) is 3.15. The van der Waals surface area contributed by atoms with Gasteiger partial charge in [-0.3, -0.25) is 13.5 Å². The summed E-state index contributed by atoms with van der Waals surface area (Å²) in [5, 5.41) is 3.28. The second-order valence-corrected chi connectivity index (χ2v) is 5.81. The lowest BCUT2D eigenvalue weighted by atomic mass is 10.3. The number of hydrogen-bond donors (Lipinski definition) is 1. The number of nitrogens with one attached hydrogen (secondary N) is 1. The van der Waals surface area contributed by atoms with Gasteiger partial charge in [0.25, 0.3) is 5.56 Å². The van der Waals surface area contributed by atoms with E-state index in [1.807, 2.05) is 30.3 Å². The molecule has 0 radical (unpaired) electrons. The van der Waals surface area contributed by atoms with Gasteiger partial charge >= 0.3 is 0 Å². The zero-order valence-electron chi connectivity index (χ0n) is 12.3. The molecule has 3 rings (SSSR count). The van der Waals surface area contributed by atoms with E-state index in [4.69, 9.17) is 4.74 Å². The minimum Gasteiger partial charge on any atom is -0.492 e. The second kappa shape index (κ2) is 7.06. The van der Waals surface area contributed by atoms with Gasteiger partial charge in [0.15, 0.2) is 0 Å². The summed E-state index contributed by atoms with van der Waals surface area (Å²) in [6, 6.07) is 12.8. The number of benzene rings is 1. The number of pyridine rings is 1. The van der Waals surface area contributed by atoms with Crippen LogP contribution in [-0.4, -0.2) is 28.0 Å². The zero-order valence-corrected chi connectivity index (χ0v) is 13.1. The molecule has 23 heavy (non-hydrogen) atoms. The lowest BCUT2D eigenvalue weighted by Gasteiger charge is -2.07. The van der Waals surface area contributed by atoms with Crippen LogP contribution in [0.5, 0.6) is 5.75 Å². The van der Waals surface area contributed by atoms with Crippen molar-refractivity contribution in [3.05, 3.63) is 59.0 Å². The Balaban J connectivity index is 1.51. The van der Waals surface area contributed by atoms with Crippen molar-refractivity contribution in [2.45, 2.75) is 6.54 Å². The van der Waals surface area contributed by atoms with E-state index in [1.165, 1.54) is 15.5 Å². The molecule has 0 spiro atoms. The topological polar surface area (TPSA) is 73.2 Å². The highest BCUT2D eigenvalue weighted by atomic mass is 32.1. The Morgan fingerprint density at radius 1 is 1.22 bits per heavy atom. The molecule has 0 unspecified atom stereocenters. The summed E-state index contributed by atoms with van der Waals surface area (Å²) < 4.78 is 6.90. The highest BCUT2D eigenvalue weighted by molar-refractivity contribution is 7.13. The summed E-state index contributed by atoms with van der Waals surface area (Å²) in [7, 11) is 0. The predicted octanol–water partition coefficient (Wildman–Crippen LogP) is 1.65. The number of fused-ring (bicyclic) bond motifs is 1. The van der Waals surface area contributed by atoms with Gasteiger partial charge in [-0.05, 0) is 35.8 Å². The number of aromatic nitrogens is 2. The molecule has 118 valence electrons. The number of carbonyl (C=O) groups is 1. The average molecular weight is 329 g/mol. The Morgan fingerprint density at radius 2 is 2.04 bits per heavy atom. The van der Waals surface area contributed by atoms with Crippen LogP contribution in [0.15, 0.2) is 53.5 Å². The number of para-hydroxylation sites is 1. The summed E-state index contributed by atoms with van der Waals surface area (Å²) in [6.45, 7) is 0.745. The van der Waals surface area contributed by atoms with E-state index in [0.29, 0.717) is 23.4 Å². The monoisotopic (exact) mass is 329 g/mol. The second-order valence-electron chi connectivity index (χ2n) is 4.80. The van der Waals surface area contributed by atoms with Gasteiger partial charge in [-0.15, -0.1) is 0 Å². The van der Waals surface area contributed by atoms with E-state index in [1.54, 1.807) is 18.3 Å². The molecule has 0 aliphatic heterocycles. The first-order valence-electron chi connectivity index (χ1n) is 7.13. The predicted molar refractivity (Wildman–Crippen MR) is 88.8 cm³/mol. The van der Waals surface area contributed by atoms with Gasteiger partial charge in [-0.1, -0.05) is 18.2 Å². The summed E-state index contributed by atoms with van der Waals surface area (Å²) in [5.74, 6) is 0.531. The minimum atomic E-state index is -0.227. The largest absolute Gasteiger partial charge is 0.492 e. The molecule has 0 saturated carbocycles. The molecule has 0 bridgehead atoms. The molecule has 3 aromatic rings. The van der Waals surface area contributed by atoms with Crippen LogP contribution in [0, 0.1) is 0 Å². The normalized spacial score (nSPS) is 10.6. The highest BCUT2D eigenvalue weighted by Gasteiger charge is 2.10. The molecule has 6 nitrogen and oxygen atoms in total. The SMILES string of the molecule is O=C(Cn1sc2ncccc2c1=O)NCCOc1ccccc1. The molecular formula is C16H15N3O3S. The first-order valence-corrected chi connectivity index (χ1v) is 7.91. The third-order valence-corrected chi connectivity index (χ3v) is 4.16. The van der Waals surface area contributed by atoms with Crippen molar-refractivity contribution in [3.8, 4) is 5.75 Å². The summed E-state index contributed by atoms with van der Waals surface area (Å²) >= 11 is 1.19. The van der Waals surface area contributed by atoms with Gasteiger partial charge in [0, 0.05) is 6.20 Å². The van der Waals surface area contributed by atoms with Gasteiger partial charge in [0.05, 0.1) is 11.9 Å². The quantitative estimate of drug-likeness (QED) is 0.698. The van der Waals surface area contributed by atoms with Gasteiger partial charge in [-0.2, -0.15) is 0 Å². The van der Waals surface area contributed by atoms with E-state index >= 15 is 0 Å². The van der Waals surface area contributed by atoms with Crippen molar-refractivity contribution in [1.29, 1.82) is 0 Å². The van der Waals surface area contributed by atoms with Crippen LogP contribution in [0.2, 0.25) is 0 Å². The molecule has 0 atom stereocenters. The number of hydrogen-bond acceptors (Lipinski definition) is 5. The molecule has 1 aromatic carbocycles. The molecule has 0 saturated heterocycles. The van der Waals surface area contributed by atoms with E-state index in [2.05, 4.69) is 10.3 Å². The van der Waals surface area contributed by atoms with Crippen molar-refractivity contribution >= 4 is 27.7 Å². The van der Waals surface area contributed by atoms with E-state index in [0.717, 1.165) is 5.75 Å². The summed E-state index contributed by atoms with van der Waals surface area (Å²) in [6.07, 6.45) is 1.63. The van der Waals surface area contributed by atoms with Gasteiger partial charge in [-0.25, -0.2) is 4.98 Å². The minimum absolute atomic E-state index is 0.00873. The van der Waals surface area contributed by atoms with Crippen LogP contribution in [0.25, 0.3) is 10.2 Å². The van der Waals surface area contributed by atoms with Gasteiger partial charge in [0.1, 0.15) is 23.7 Å². The zero-order chi connectivity index (χ0) is 16.1. The van der Waals surface area contributed by atoms with Crippen LogP contribution in [0.1, 0.15) is 0 Å². The highest BCUT2D eigenvalue weighted by Crippen LogP contribution is 2.12. The maximum Gasteiger partial charge on any atom is 0.270 e. The molecule has 0 aliphatic rings. The van der Waals surface area contributed by atoms with Gasteiger partial charge < -0.3 is 10.1 Å². The van der Waals surface area contributed by atoms with E-state index < -0.39 is 0 Å².